The first kappa shape index (κ1) is 19.4. The maximum atomic E-state index is 13.1. The normalized spacial score (nSPS) is 17.5. The summed E-state index contributed by atoms with van der Waals surface area (Å²) in [6.07, 6.45) is -4.43. The number of aliphatic imine (C=N–C) groups is 1. The minimum absolute atomic E-state index is 0.154. The Bertz CT molecular complexity index is 1060. The summed E-state index contributed by atoms with van der Waals surface area (Å²) in [7, 11) is -1.67. The number of ether oxygens (including phenoxy) is 1. The van der Waals surface area contributed by atoms with Crippen LogP contribution in [-0.2, 0) is 21.7 Å². The molecule has 4 rings (SSSR count). The van der Waals surface area contributed by atoms with E-state index in [1.807, 2.05) is 30.3 Å². The molecule has 7 heteroatoms. The molecule has 0 saturated carbocycles. The number of hydrogen-bond donors (Lipinski definition) is 0. The number of halogens is 3. The van der Waals surface area contributed by atoms with Crippen molar-refractivity contribution < 1.29 is 22.1 Å². The first-order chi connectivity index (χ1) is 13.9. The van der Waals surface area contributed by atoms with Crippen LogP contribution in [0.3, 0.4) is 0 Å². The van der Waals surface area contributed by atoms with Gasteiger partial charge in [0.25, 0.3) is 0 Å². The van der Waals surface area contributed by atoms with Gasteiger partial charge in [0.1, 0.15) is 12.6 Å². The molecule has 0 bridgehead atoms. The fourth-order valence-electron chi connectivity index (χ4n) is 3.07. The molecule has 0 aliphatic carbocycles. The lowest BCUT2D eigenvalue weighted by Gasteiger charge is -2.10. The van der Waals surface area contributed by atoms with Crippen LogP contribution in [0, 0.1) is 0 Å². The first-order valence-corrected chi connectivity index (χ1v) is 10.0. The van der Waals surface area contributed by atoms with Gasteiger partial charge >= 0.3 is 6.18 Å². The molecule has 3 aromatic rings. The molecule has 0 spiro atoms. The molecule has 3 aromatic carbocycles. The lowest BCUT2D eigenvalue weighted by atomic mass is 10.1. The van der Waals surface area contributed by atoms with Crippen molar-refractivity contribution in [2.45, 2.75) is 22.0 Å². The summed E-state index contributed by atoms with van der Waals surface area (Å²) in [4.78, 5) is 5.35. The molecule has 0 amide bonds. The van der Waals surface area contributed by atoms with Crippen LogP contribution in [0.15, 0.2) is 93.6 Å². The molecule has 1 aliphatic heterocycles. The van der Waals surface area contributed by atoms with E-state index in [0.717, 1.165) is 17.7 Å². The highest BCUT2D eigenvalue weighted by Gasteiger charge is 2.30. The van der Waals surface area contributed by atoms with E-state index >= 15 is 0 Å². The quantitative estimate of drug-likeness (QED) is 0.573. The Morgan fingerprint density at radius 2 is 1.55 bits per heavy atom. The Morgan fingerprint density at radius 1 is 0.897 bits per heavy atom. The van der Waals surface area contributed by atoms with E-state index in [1.54, 1.807) is 24.3 Å². The van der Waals surface area contributed by atoms with Crippen LogP contribution in [0.25, 0.3) is 0 Å². The van der Waals surface area contributed by atoms with E-state index in [0.29, 0.717) is 23.0 Å². The maximum absolute atomic E-state index is 13.1. The van der Waals surface area contributed by atoms with E-state index in [-0.39, 0.29) is 10.9 Å². The van der Waals surface area contributed by atoms with Crippen molar-refractivity contribution in [3.63, 3.8) is 0 Å². The Kier molecular flexibility index (Phi) is 5.24. The number of rotatable bonds is 4. The van der Waals surface area contributed by atoms with Crippen LogP contribution >= 0.6 is 0 Å². The zero-order chi connectivity index (χ0) is 20.4. The third kappa shape index (κ3) is 4.10. The predicted molar refractivity (Wildman–Crippen MR) is 104 cm³/mol. The summed E-state index contributed by atoms with van der Waals surface area (Å²) < 4.78 is 57.2. The van der Waals surface area contributed by atoms with Gasteiger partial charge in [-0.05, 0) is 42.0 Å². The van der Waals surface area contributed by atoms with Crippen molar-refractivity contribution in [2.24, 2.45) is 4.99 Å². The number of hydrogen-bond acceptors (Lipinski definition) is 3. The van der Waals surface area contributed by atoms with Crippen LogP contribution < -0.4 is 0 Å². The molecule has 0 N–H and O–H groups in total. The third-order valence-electron chi connectivity index (χ3n) is 4.55. The van der Waals surface area contributed by atoms with Crippen molar-refractivity contribution in [2.75, 3.05) is 6.61 Å². The topological polar surface area (TPSA) is 38.7 Å². The number of nitrogens with zero attached hydrogens (tertiary/aromatic N) is 1. The van der Waals surface area contributed by atoms with Gasteiger partial charge in [0, 0.05) is 4.90 Å². The van der Waals surface area contributed by atoms with Gasteiger partial charge in [-0.3, -0.25) is 0 Å². The van der Waals surface area contributed by atoms with E-state index in [2.05, 4.69) is 4.99 Å². The van der Waals surface area contributed by atoms with Gasteiger partial charge in [0.05, 0.1) is 26.8 Å². The minimum atomic E-state index is -4.43. The summed E-state index contributed by atoms with van der Waals surface area (Å²) >= 11 is 0. The fraction of sp³-hybridized carbons (Fsp3) is 0.136. The fourth-order valence-corrected chi connectivity index (χ4v) is 4.26. The molecule has 1 heterocycles. The average molecular weight is 415 g/mol. The Balaban J connectivity index is 1.64. The SMILES string of the molecule is O=S(c1ccc(C(F)(F)F)cc1)c1ccccc1C1=NC(c2ccccc2)CO1. The first-order valence-electron chi connectivity index (χ1n) is 8.87. The number of benzene rings is 3. The number of alkyl halides is 3. The van der Waals surface area contributed by atoms with Gasteiger partial charge in [-0.1, -0.05) is 42.5 Å². The van der Waals surface area contributed by atoms with E-state index < -0.39 is 22.5 Å². The lowest BCUT2D eigenvalue weighted by Crippen LogP contribution is -2.08. The molecule has 148 valence electrons. The molecule has 2 atom stereocenters. The third-order valence-corrected chi connectivity index (χ3v) is 6.00. The van der Waals surface area contributed by atoms with Gasteiger partial charge in [0.2, 0.25) is 5.90 Å². The highest BCUT2D eigenvalue weighted by molar-refractivity contribution is 7.85. The smallest absolute Gasteiger partial charge is 0.416 e. The van der Waals surface area contributed by atoms with E-state index in [9.17, 15) is 17.4 Å². The Hall–Kier alpha value is -2.93. The van der Waals surface area contributed by atoms with Crippen molar-refractivity contribution in [3.8, 4) is 0 Å². The van der Waals surface area contributed by atoms with Crippen LogP contribution in [0.1, 0.15) is 22.7 Å². The molecule has 0 radical (unpaired) electrons. The summed E-state index contributed by atoms with van der Waals surface area (Å²) in [6.45, 7) is 0.376. The maximum Gasteiger partial charge on any atom is 0.416 e. The standard InChI is InChI=1S/C22H16F3NO2S/c23-22(24,25)16-10-12-17(13-11-16)29(27)20-9-5-4-8-18(20)21-26-19(14-28-21)15-6-2-1-3-7-15/h1-13,19H,14H2. The monoisotopic (exact) mass is 415 g/mol. The van der Waals surface area contributed by atoms with Gasteiger partial charge in [-0.2, -0.15) is 13.2 Å². The van der Waals surface area contributed by atoms with Crippen LogP contribution in [0.4, 0.5) is 13.2 Å². The van der Waals surface area contributed by atoms with Gasteiger partial charge < -0.3 is 4.74 Å². The van der Waals surface area contributed by atoms with Gasteiger partial charge in [-0.25, -0.2) is 9.20 Å². The van der Waals surface area contributed by atoms with Crippen LogP contribution in [0.5, 0.6) is 0 Å². The van der Waals surface area contributed by atoms with Gasteiger partial charge in [-0.15, -0.1) is 0 Å². The highest BCUT2D eigenvalue weighted by Crippen LogP contribution is 2.31. The molecule has 0 fully saturated rings. The van der Waals surface area contributed by atoms with Crippen molar-refractivity contribution in [1.82, 2.24) is 0 Å². The second-order valence-electron chi connectivity index (χ2n) is 6.46. The zero-order valence-corrected chi connectivity index (χ0v) is 15.9. The second-order valence-corrected chi connectivity index (χ2v) is 7.91. The molecule has 0 aromatic heterocycles. The van der Waals surface area contributed by atoms with E-state index in [1.165, 1.54) is 12.1 Å². The Morgan fingerprint density at radius 3 is 2.24 bits per heavy atom. The lowest BCUT2D eigenvalue weighted by molar-refractivity contribution is -0.137. The summed E-state index contributed by atoms with van der Waals surface area (Å²) in [5.41, 5.74) is 0.814. The van der Waals surface area contributed by atoms with Crippen molar-refractivity contribution in [3.05, 3.63) is 95.6 Å². The van der Waals surface area contributed by atoms with E-state index in [4.69, 9.17) is 4.74 Å². The average Bonchev–Trinajstić information content (AvgIpc) is 3.23. The molecule has 1 aliphatic rings. The summed E-state index contributed by atoms with van der Waals surface area (Å²) in [5.74, 6) is 0.384. The summed E-state index contributed by atoms with van der Waals surface area (Å²) in [5, 5.41) is 0. The summed E-state index contributed by atoms with van der Waals surface area (Å²) in [6, 6.07) is 20.8. The predicted octanol–water partition coefficient (Wildman–Crippen LogP) is 5.39. The molecule has 0 saturated heterocycles. The van der Waals surface area contributed by atoms with Crippen LogP contribution in [0.2, 0.25) is 0 Å². The minimum Gasteiger partial charge on any atom is -0.475 e. The largest absolute Gasteiger partial charge is 0.475 e. The molecule has 29 heavy (non-hydrogen) atoms. The van der Waals surface area contributed by atoms with Crippen molar-refractivity contribution in [1.29, 1.82) is 0 Å². The van der Waals surface area contributed by atoms with Gasteiger partial charge in [0.15, 0.2) is 0 Å². The molecular weight excluding hydrogens is 399 g/mol. The highest BCUT2D eigenvalue weighted by atomic mass is 32.2. The molecule has 2 unspecified atom stereocenters. The zero-order valence-electron chi connectivity index (χ0n) is 15.1. The molecule has 3 nitrogen and oxygen atoms in total. The second kappa shape index (κ2) is 7.83. The van der Waals surface area contributed by atoms with Crippen LogP contribution in [-0.4, -0.2) is 16.7 Å². The Labute approximate surface area is 168 Å². The molecular formula is C22H16F3NO2S. The van der Waals surface area contributed by atoms with Crippen molar-refractivity contribution >= 4 is 16.7 Å².